The molecular formula is C20H20ClF3N2OS. The number of thioether (sulfide) groups is 1. The Bertz CT molecular complexity index is 806. The van der Waals surface area contributed by atoms with Crippen LogP contribution in [0.1, 0.15) is 11.1 Å². The average Bonchev–Trinajstić information content (AvgIpc) is 2.69. The third kappa shape index (κ3) is 5.58. The van der Waals surface area contributed by atoms with Crippen LogP contribution < -0.4 is 4.90 Å². The van der Waals surface area contributed by atoms with E-state index in [-0.39, 0.29) is 5.91 Å². The minimum atomic E-state index is -4.35. The van der Waals surface area contributed by atoms with Gasteiger partial charge in [0.2, 0.25) is 5.91 Å². The maximum Gasteiger partial charge on any atom is 0.416 e. The van der Waals surface area contributed by atoms with Crippen LogP contribution >= 0.6 is 23.4 Å². The Morgan fingerprint density at radius 1 is 1.04 bits per heavy atom. The van der Waals surface area contributed by atoms with Gasteiger partial charge < -0.3 is 9.80 Å². The Labute approximate surface area is 171 Å². The minimum Gasteiger partial charge on any atom is -0.368 e. The van der Waals surface area contributed by atoms with E-state index >= 15 is 0 Å². The number of carbonyl (C=O) groups is 1. The summed E-state index contributed by atoms with van der Waals surface area (Å²) in [5.74, 6) is 1.17. The molecule has 2 aromatic carbocycles. The van der Waals surface area contributed by atoms with Crippen molar-refractivity contribution < 1.29 is 18.0 Å². The van der Waals surface area contributed by atoms with Crippen LogP contribution in [0.15, 0.2) is 48.5 Å². The third-order valence-corrected chi connectivity index (χ3v) is 5.82. The van der Waals surface area contributed by atoms with Crippen molar-refractivity contribution in [1.82, 2.24) is 4.90 Å². The molecule has 1 heterocycles. The van der Waals surface area contributed by atoms with Crippen molar-refractivity contribution in [2.75, 3.05) is 36.8 Å². The second-order valence-electron chi connectivity index (χ2n) is 6.54. The molecule has 28 heavy (non-hydrogen) atoms. The van der Waals surface area contributed by atoms with Crippen LogP contribution in [0.3, 0.4) is 0 Å². The molecule has 0 aromatic heterocycles. The molecule has 1 aliphatic heterocycles. The Balaban J connectivity index is 1.47. The highest BCUT2D eigenvalue weighted by Crippen LogP contribution is 2.31. The fraction of sp³-hybridized carbons (Fsp3) is 0.350. The Morgan fingerprint density at radius 2 is 1.71 bits per heavy atom. The highest BCUT2D eigenvalue weighted by Gasteiger charge is 2.31. The third-order valence-electron chi connectivity index (χ3n) is 4.58. The molecule has 1 saturated heterocycles. The van der Waals surface area contributed by atoms with E-state index in [1.165, 1.54) is 12.1 Å². The lowest BCUT2D eigenvalue weighted by Gasteiger charge is -2.36. The Kier molecular flexibility index (Phi) is 6.78. The van der Waals surface area contributed by atoms with Crippen molar-refractivity contribution >= 4 is 35.0 Å². The zero-order valence-corrected chi connectivity index (χ0v) is 16.7. The number of anilines is 1. The van der Waals surface area contributed by atoms with Gasteiger partial charge in [-0.3, -0.25) is 4.79 Å². The van der Waals surface area contributed by atoms with Gasteiger partial charge in [0.1, 0.15) is 0 Å². The van der Waals surface area contributed by atoms with Crippen molar-refractivity contribution in [2.45, 2.75) is 11.9 Å². The number of halogens is 4. The summed E-state index contributed by atoms with van der Waals surface area (Å²) < 4.78 is 38.7. The van der Waals surface area contributed by atoms with Gasteiger partial charge in [-0.15, -0.1) is 11.8 Å². The minimum absolute atomic E-state index is 0.0580. The van der Waals surface area contributed by atoms with E-state index in [4.69, 9.17) is 11.6 Å². The fourth-order valence-corrected chi connectivity index (χ4v) is 4.03. The zero-order valence-electron chi connectivity index (χ0n) is 15.1. The van der Waals surface area contributed by atoms with E-state index in [1.54, 1.807) is 22.7 Å². The van der Waals surface area contributed by atoms with Gasteiger partial charge in [0, 0.05) is 42.6 Å². The lowest BCUT2D eigenvalue weighted by atomic mass is 10.1. The topological polar surface area (TPSA) is 23.6 Å². The molecule has 0 spiro atoms. The predicted octanol–water partition coefficient (Wildman–Crippen LogP) is 4.94. The summed E-state index contributed by atoms with van der Waals surface area (Å²) in [6.07, 6.45) is -4.35. The molecule has 1 fully saturated rings. The van der Waals surface area contributed by atoms with Gasteiger partial charge in [-0.25, -0.2) is 0 Å². The highest BCUT2D eigenvalue weighted by atomic mass is 35.5. The molecule has 0 bridgehead atoms. The Morgan fingerprint density at radius 3 is 2.36 bits per heavy atom. The van der Waals surface area contributed by atoms with E-state index in [0.717, 1.165) is 17.4 Å². The van der Waals surface area contributed by atoms with Crippen LogP contribution in [0.4, 0.5) is 18.9 Å². The van der Waals surface area contributed by atoms with Crippen molar-refractivity contribution in [1.29, 1.82) is 0 Å². The van der Waals surface area contributed by atoms with Gasteiger partial charge in [-0.1, -0.05) is 29.8 Å². The first-order chi connectivity index (χ1) is 13.3. The van der Waals surface area contributed by atoms with Crippen molar-refractivity contribution in [2.24, 2.45) is 0 Å². The maximum absolute atomic E-state index is 12.9. The molecule has 0 aliphatic carbocycles. The summed E-state index contributed by atoms with van der Waals surface area (Å²) in [7, 11) is 0. The first kappa shape index (κ1) is 20.9. The lowest BCUT2D eigenvalue weighted by Crippen LogP contribution is -2.49. The summed E-state index contributed by atoms with van der Waals surface area (Å²) in [6, 6.07) is 12.9. The van der Waals surface area contributed by atoms with Crippen LogP contribution in [-0.2, 0) is 16.7 Å². The predicted molar refractivity (Wildman–Crippen MR) is 108 cm³/mol. The largest absolute Gasteiger partial charge is 0.416 e. The van der Waals surface area contributed by atoms with Gasteiger partial charge in [0.25, 0.3) is 0 Å². The van der Waals surface area contributed by atoms with Crippen LogP contribution in [0.2, 0.25) is 5.02 Å². The molecule has 1 aliphatic rings. The number of amides is 1. The fourth-order valence-electron chi connectivity index (χ4n) is 3.02. The number of hydrogen-bond donors (Lipinski definition) is 0. The van der Waals surface area contributed by atoms with E-state index in [1.807, 2.05) is 29.2 Å². The SMILES string of the molecule is O=C(CSCc1ccc(Cl)cc1)N1CCN(c2cccc(C(F)(F)F)c2)CC1. The molecule has 0 atom stereocenters. The standard InChI is InChI=1S/C20H20ClF3N2OS/c21-17-6-4-15(5-7-17)13-28-14-19(27)26-10-8-25(9-11-26)18-3-1-2-16(12-18)20(22,23)24/h1-7,12H,8-11,13-14H2. The number of hydrogen-bond acceptors (Lipinski definition) is 3. The first-order valence-electron chi connectivity index (χ1n) is 8.85. The number of piperazine rings is 1. The molecule has 1 amide bonds. The number of carbonyl (C=O) groups excluding carboxylic acids is 1. The van der Waals surface area contributed by atoms with Gasteiger partial charge in [0.05, 0.1) is 11.3 Å². The smallest absolute Gasteiger partial charge is 0.368 e. The van der Waals surface area contributed by atoms with E-state index < -0.39 is 11.7 Å². The normalized spacial score (nSPS) is 15.0. The lowest BCUT2D eigenvalue weighted by molar-refractivity contribution is -0.137. The summed E-state index contributed by atoms with van der Waals surface area (Å²) in [5, 5.41) is 0.684. The zero-order chi connectivity index (χ0) is 20.1. The first-order valence-corrected chi connectivity index (χ1v) is 10.4. The monoisotopic (exact) mass is 428 g/mol. The highest BCUT2D eigenvalue weighted by molar-refractivity contribution is 7.99. The van der Waals surface area contributed by atoms with E-state index in [0.29, 0.717) is 42.6 Å². The maximum atomic E-state index is 12.9. The van der Waals surface area contributed by atoms with Crippen molar-refractivity contribution in [3.05, 3.63) is 64.7 Å². The van der Waals surface area contributed by atoms with Gasteiger partial charge in [-0.05, 0) is 35.9 Å². The molecule has 0 unspecified atom stereocenters. The molecule has 3 rings (SSSR count). The quantitative estimate of drug-likeness (QED) is 0.673. The van der Waals surface area contributed by atoms with Crippen LogP contribution in [0, 0.1) is 0 Å². The number of rotatable bonds is 5. The van der Waals surface area contributed by atoms with Crippen LogP contribution in [0.5, 0.6) is 0 Å². The van der Waals surface area contributed by atoms with Crippen LogP contribution in [0.25, 0.3) is 0 Å². The molecule has 0 saturated carbocycles. The molecular weight excluding hydrogens is 409 g/mol. The molecule has 150 valence electrons. The Hall–Kier alpha value is -1.86. The van der Waals surface area contributed by atoms with E-state index in [2.05, 4.69) is 0 Å². The van der Waals surface area contributed by atoms with Crippen LogP contribution in [-0.4, -0.2) is 42.7 Å². The molecule has 0 N–H and O–H groups in total. The summed E-state index contributed by atoms with van der Waals surface area (Å²) in [6.45, 7) is 2.07. The molecule has 8 heteroatoms. The second kappa shape index (κ2) is 9.09. The summed E-state index contributed by atoms with van der Waals surface area (Å²) in [5.41, 5.74) is 0.998. The molecule has 3 nitrogen and oxygen atoms in total. The number of alkyl halides is 3. The summed E-state index contributed by atoms with van der Waals surface area (Å²) in [4.78, 5) is 16.1. The summed E-state index contributed by atoms with van der Waals surface area (Å²) >= 11 is 7.40. The van der Waals surface area contributed by atoms with Gasteiger partial charge >= 0.3 is 6.18 Å². The van der Waals surface area contributed by atoms with Gasteiger partial charge in [-0.2, -0.15) is 13.2 Å². The number of nitrogens with zero attached hydrogens (tertiary/aromatic N) is 2. The van der Waals surface area contributed by atoms with Gasteiger partial charge in [0.15, 0.2) is 0 Å². The van der Waals surface area contributed by atoms with E-state index in [9.17, 15) is 18.0 Å². The average molecular weight is 429 g/mol. The second-order valence-corrected chi connectivity index (χ2v) is 7.96. The molecule has 2 aromatic rings. The molecule has 0 radical (unpaired) electrons. The number of benzene rings is 2. The van der Waals surface area contributed by atoms with Crippen molar-refractivity contribution in [3.8, 4) is 0 Å². The van der Waals surface area contributed by atoms with Crippen molar-refractivity contribution in [3.63, 3.8) is 0 Å².